The number of hydrogen-bond donors (Lipinski definition) is 0. The van der Waals surface area contributed by atoms with Crippen LogP contribution < -0.4 is 0 Å². The van der Waals surface area contributed by atoms with Crippen molar-refractivity contribution in [1.82, 2.24) is 0 Å². The van der Waals surface area contributed by atoms with E-state index in [1.54, 1.807) is 6.92 Å². The first-order valence-corrected chi connectivity index (χ1v) is 5.05. The Morgan fingerprint density at radius 3 is 2.56 bits per heavy atom. The summed E-state index contributed by atoms with van der Waals surface area (Å²) in [5, 5.41) is 10.2. The lowest BCUT2D eigenvalue weighted by molar-refractivity contribution is -0.385. The highest BCUT2D eigenvalue weighted by Gasteiger charge is 2.18. The van der Waals surface area contributed by atoms with Crippen LogP contribution in [0.15, 0.2) is 18.2 Å². The van der Waals surface area contributed by atoms with Crippen molar-refractivity contribution in [3.8, 4) is 0 Å². The van der Waals surface area contributed by atoms with Gasteiger partial charge in [-0.1, -0.05) is 6.07 Å². The summed E-state index contributed by atoms with van der Waals surface area (Å²) in [6.07, 6.45) is -2.47. The van der Waals surface area contributed by atoms with Gasteiger partial charge in [-0.25, -0.2) is 8.78 Å². The van der Waals surface area contributed by atoms with Gasteiger partial charge < -0.3 is 0 Å². The van der Waals surface area contributed by atoms with Gasteiger partial charge >= 0.3 is 0 Å². The Bertz CT molecular complexity index is 396. The van der Waals surface area contributed by atoms with Gasteiger partial charge in [0.15, 0.2) is 0 Å². The summed E-state index contributed by atoms with van der Waals surface area (Å²) in [5.74, 6) is 0. The third-order valence-corrected chi connectivity index (χ3v) is 2.23. The second-order valence-electron chi connectivity index (χ2n) is 3.43. The number of benzene rings is 1. The van der Waals surface area contributed by atoms with E-state index in [-0.39, 0.29) is 23.0 Å². The molecule has 0 heterocycles. The van der Waals surface area contributed by atoms with Crippen molar-refractivity contribution in [1.29, 1.82) is 0 Å². The first-order valence-electron chi connectivity index (χ1n) is 4.61. The first kappa shape index (κ1) is 12.8. The zero-order valence-electron chi connectivity index (χ0n) is 8.49. The van der Waals surface area contributed by atoms with E-state index in [4.69, 9.17) is 11.6 Å². The first-order chi connectivity index (χ1) is 7.41. The van der Waals surface area contributed by atoms with Gasteiger partial charge in [0.05, 0.1) is 4.92 Å². The van der Waals surface area contributed by atoms with Crippen molar-refractivity contribution in [2.75, 3.05) is 0 Å². The highest BCUT2D eigenvalue weighted by Crippen LogP contribution is 2.28. The molecule has 0 radical (unpaired) electrons. The predicted molar refractivity (Wildman–Crippen MR) is 57.1 cm³/mol. The Morgan fingerprint density at radius 2 is 2.12 bits per heavy atom. The number of hydrogen-bond acceptors (Lipinski definition) is 2. The van der Waals surface area contributed by atoms with Crippen LogP contribution in [0.1, 0.15) is 24.5 Å². The van der Waals surface area contributed by atoms with Crippen molar-refractivity contribution in [3.05, 3.63) is 39.4 Å². The quantitative estimate of drug-likeness (QED) is 0.464. The molecule has 16 heavy (non-hydrogen) atoms. The second-order valence-corrected chi connectivity index (χ2v) is 4.17. The van der Waals surface area contributed by atoms with E-state index in [0.29, 0.717) is 5.56 Å². The highest BCUT2D eigenvalue weighted by atomic mass is 35.5. The Kier molecular flexibility index (Phi) is 4.18. The number of non-ortho nitro benzene ring substituents is 1. The Balaban J connectivity index is 3.14. The molecule has 0 saturated heterocycles. The molecule has 0 bridgehead atoms. The van der Waals surface area contributed by atoms with Crippen molar-refractivity contribution >= 4 is 17.3 Å². The summed E-state index contributed by atoms with van der Waals surface area (Å²) in [5.41, 5.74) is -0.300. The van der Waals surface area contributed by atoms with E-state index >= 15 is 0 Å². The molecule has 3 nitrogen and oxygen atoms in total. The largest absolute Gasteiger partial charge is 0.269 e. The summed E-state index contributed by atoms with van der Waals surface area (Å²) in [6.45, 7) is 1.68. The third-order valence-electron chi connectivity index (χ3n) is 2.08. The predicted octanol–water partition coefficient (Wildman–Crippen LogP) is 3.70. The van der Waals surface area contributed by atoms with Crippen LogP contribution in [0, 0.1) is 10.1 Å². The number of rotatable bonds is 4. The smallest absolute Gasteiger partial charge is 0.258 e. The van der Waals surface area contributed by atoms with E-state index in [2.05, 4.69) is 0 Å². The number of alkyl halides is 3. The standard InChI is InChI=1S/C10H10ClF2NO2/c1-6(11)4-7-2-3-8(14(15)16)5-9(7)10(12)13/h2-3,5-6,10H,4H2,1H3. The van der Waals surface area contributed by atoms with Crippen LogP contribution in [0.2, 0.25) is 0 Å². The molecule has 6 heteroatoms. The van der Waals surface area contributed by atoms with Crippen LogP contribution >= 0.6 is 11.6 Å². The summed E-state index contributed by atoms with van der Waals surface area (Å²) in [6, 6.07) is 3.44. The van der Waals surface area contributed by atoms with Gasteiger partial charge in [-0.15, -0.1) is 11.6 Å². The molecule has 0 N–H and O–H groups in total. The van der Waals surface area contributed by atoms with Crippen LogP contribution in [0.3, 0.4) is 0 Å². The topological polar surface area (TPSA) is 43.1 Å². The minimum absolute atomic E-state index is 0.263. The molecule has 1 unspecified atom stereocenters. The fourth-order valence-electron chi connectivity index (χ4n) is 1.39. The van der Waals surface area contributed by atoms with Crippen LogP contribution in [0.25, 0.3) is 0 Å². The van der Waals surface area contributed by atoms with Crippen molar-refractivity contribution in [3.63, 3.8) is 0 Å². The molecule has 1 aromatic carbocycles. The zero-order chi connectivity index (χ0) is 12.3. The maximum absolute atomic E-state index is 12.7. The lowest BCUT2D eigenvalue weighted by atomic mass is 10.0. The SMILES string of the molecule is CC(Cl)Cc1ccc([N+](=O)[O-])cc1C(F)F. The summed E-state index contributed by atoms with van der Waals surface area (Å²) in [7, 11) is 0. The van der Waals surface area contributed by atoms with Crippen LogP contribution in [-0.2, 0) is 6.42 Å². The van der Waals surface area contributed by atoms with Gasteiger partial charge in [0, 0.05) is 23.1 Å². The van der Waals surface area contributed by atoms with Gasteiger partial charge in [0.25, 0.3) is 12.1 Å². The Morgan fingerprint density at radius 1 is 1.50 bits per heavy atom. The van der Waals surface area contributed by atoms with E-state index in [0.717, 1.165) is 6.07 Å². The van der Waals surface area contributed by atoms with E-state index in [1.165, 1.54) is 12.1 Å². The molecule has 88 valence electrons. The van der Waals surface area contributed by atoms with Gasteiger partial charge in [0.2, 0.25) is 0 Å². The van der Waals surface area contributed by atoms with Crippen molar-refractivity contribution in [2.45, 2.75) is 25.1 Å². The Hall–Kier alpha value is -1.23. The molecule has 0 amide bonds. The molecular weight excluding hydrogens is 240 g/mol. The molecular formula is C10H10ClF2NO2. The summed E-state index contributed by atoms with van der Waals surface area (Å²) < 4.78 is 25.3. The number of nitro benzene ring substituents is 1. The molecule has 0 aliphatic heterocycles. The Labute approximate surface area is 96.2 Å². The second kappa shape index (κ2) is 5.21. The molecule has 0 spiro atoms. The van der Waals surface area contributed by atoms with E-state index in [1.807, 2.05) is 0 Å². The minimum Gasteiger partial charge on any atom is -0.258 e. The van der Waals surface area contributed by atoms with Crippen LogP contribution in [-0.4, -0.2) is 10.3 Å². The lowest BCUT2D eigenvalue weighted by Crippen LogP contribution is -2.03. The molecule has 0 aromatic heterocycles. The van der Waals surface area contributed by atoms with E-state index < -0.39 is 11.3 Å². The fourth-order valence-corrected chi connectivity index (χ4v) is 1.55. The average molecular weight is 250 g/mol. The number of nitro groups is 1. The molecule has 0 aliphatic carbocycles. The van der Waals surface area contributed by atoms with Gasteiger partial charge in [0.1, 0.15) is 0 Å². The third kappa shape index (κ3) is 3.13. The number of halogens is 3. The summed E-state index contributed by atoms with van der Waals surface area (Å²) in [4.78, 5) is 9.75. The molecule has 0 aliphatic rings. The average Bonchev–Trinajstić information content (AvgIpc) is 2.16. The normalized spacial score (nSPS) is 12.8. The fraction of sp³-hybridized carbons (Fsp3) is 0.400. The number of nitrogens with zero attached hydrogens (tertiary/aromatic N) is 1. The van der Waals surface area contributed by atoms with Crippen molar-refractivity contribution < 1.29 is 13.7 Å². The lowest BCUT2D eigenvalue weighted by Gasteiger charge is -2.09. The maximum atomic E-state index is 12.7. The van der Waals surface area contributed by atoms with Gasteiger partial charge in [-0.05, 0) is 18.9 Å². The van der Waals surface area contributed by atoms with E-state index in [9.17, 15) is 18.9 Å². The minimum atomic E-state index is -2.73. The van der Waals surface area contributed by atoms with Crippen LogP contribution in [0.4, 0.5) is 14.5 Å². The van der Waals surface area contributed by atoms with Crippen molar-refractivity contribution in [2.24, 2.45) is 0 Å². The molecule has 0 fully saturated rings. The monoisotopic (exact) mass is 249 g/mol. The zero-order valence-corrected chi connectivity index (χ0v) is 9.25. The van der Waals surface area contributed by atoms with Gasteiger partial charge in [-0.3, -0.25) is 10.1 Å². The van der Waals surface area contributed by atoms with Gasteiger partial charge in [-0.2, -0.15) is 0 Å². The molecule has 0 saturated carbocycles. The highest BCUT2D eigenvalue weighted by molar-refractivity contribution is 6.20. The maximum Gasteiger partial charge on any atom is 0.269 e. The molecule has 1 aromatic rings. The summed E-state index contributed by atoms with van der Waals surface area (Å²) >= 11 is 5.71. The van der Waals surface area contributed by atoms with Crippen LogP contribution in [0.5, 0.6) is 0 Å². The molecule has 1 rings (SSSR count). The molecule has 1 atom stereocenters.